The Bertz CT molecular complexity index is 678. The van der Waals surface area contributed by atoms with Gasteiger partial charge in [0.1, 0.15) is 0 Å². The second-order valence-electron chi connectivity index (χ2n) is 5.37. The lowest BCUT2D eigenvalue weighted by molar-refractivity contribution is 0.0827. The number of hydrogen-bond acceptors (Lipinski definition) is 3. The molecule has 110 valence electrons. The summed E-state index contributed by atoms with van der Waals surface area (Å²) in [5.41, 5.74) is 11.4. The summed E-state index contributed by atoms with van der Waals surface area (Å²) in [5, 5.41) is 3.32. The van der Waals surface area contributed by atoms with Crippen molar-refractivity contribution in [3.05, 3.63) is 53.1 Å². The van der Waals surface area contributed by atoms with E-state index in [1.54, 1.807) is 37.2 Å². The molecule has 0 saturated carbocycles. The largest absolute Gasteiger partial charge is 0.397 e. The van der Waals surface area contributed by atoms with Gasteiger partial charge in [0, 0.05) is 25.3 Å². The molecule has 0 spiro atoms. The molecule has 2 aromatic carbocycles. The predicted octanol–water partition coefficient (Wildman–Crippen LogP) is 3.33. The summed E-state index contributed by atoms with van der Waals surface area (Å²) in [4.78, 5) is 13.6. The highest BCUT2D eigenvalue weighted by atomic mass is 16.2. The van der Waals surface area contributed by atoms with Gasteiger partial charge < -0.3 is 16.0 Å². The Morgan fingerprint density at radius 1 is 1.10 bits per heavy atom. The normalized spacial score (nSPS) is 10.3. The summed E-state index contributed by atoms with van der Waals surface area (Å²) < 4.78 is 0. The van der Waals surface area contributed by atoms with Crippen LogP contribution in [0.15, 0.2) is 36.4 Å². The predicted molar refractivity (Wildman–Crippen MR) is 88.1 cm³/mol. The number of carbonyl (C=O) groups is 1. The molecule has 0 heterocycles. The molecule has 0 unspecified atom stereocenters. The monoisotopic (exact) mass is 283 g/mol. The molecule has 0 atom stereocenters. The van der Waals surface area contributed by atoms with Crippen LogP contribution in [0.2, 0.25) is 0 Å². The smallest absolute Gasteiger partial charge is 0.253 e. The molecule has 2 rings (SSSR count). The van der Waals surface area contributed by atoms with Gasteiger partial charge in [0.25, 0.3) is 5.91 Å². The fourth-order valence-electron chi connectivity index (χ4n) is 2.09. The molecule has 0 aliphatic rings. The number of rotatable bonds is 3. The Morgan fingerprint density at radius 3 is 2.48 bits per heavy atom. The van der Waals surface area contributed by atoms with Crippen molar-refractivity contribution in [1.29, 1.82) is 0 Å². The molecule has 21 heavy (non-hydrogen) atoms. The highest BCUT2D eigenvalue weighted by Crippen LogP contribution is 2.27. The van der Waals surface area contributed by atoms with Crippen molar-refractivity contribution in [2.45, 2.75) is 13.8 Å². The fraction of sp³-hybridized carbons (Fsp3) is 0.235. The van der Waals surface area contributed by atoms with Crippen molar-refractivity contribution in [2.75, 3.05) is 25.1 Å². The SMILES string of the molecule is Cc1cccc(Nc2cc(C(=O)N(C)C)ccc2N)c1C. The first-order valence-corrected chi connectivity index (χ1v) is 6.84. The lowest BCUT2D eigenvalue weighted by Crippen LogP contribution is -2.21. The van der Waals surface area contributed by atoms with Gasteiger partial charge in [0.05, 0.1) is 11.4 Å². The molecule has 0 bridgehead atoms. The van der Waals surface area contributed by atoms with E-state index in [9.17, 15) is 4.79 Å². The molecule has 0 aromatic heterocycles. The Morgan fingerprint density at radius 2 is 1.81 bits per heavy atom. The Hall–Kier alpha value is -2.49. The molecule has 0 aliphatic heterocycles. The van der Waals surface area contributed by atoms with Crippen molar-refractivity contribution in [2.24, 2.45) is 0 Å². The highest BCUT2D eigenvalue weighted by molar-refractivity contribution is 5.96. The van der Waals surface area contributed by atoms with Gasteiger partial charge in [0.15, 0.2) is 0 Å². The minimum atomic E-state index is -0.0426. The quantitative estimate of drug-likeness (QED) is 0.849. The van der Waals surface area contributed by atoms with Crippen LogP contribution in [0.5, 0.6) is 0 Å². The van der Waals surface area contributed by atoms with Crippen molar-refractivity contribution in [3.8, 4) is 0 Å². The molecule has 4 heteroatoms. The van der Waals surface area contributed by atoms with E-state index in [0.29, 0.717) is 11.3 Å². The third kappa shape index (κ3) is 3.16. The van der Waals surface area contributed by atoms with Gasteiger partial charge in [-0.3, -0.25) is 4.79 Å². The summed E-state index contributed by atoms with van der Waals surface area (Å²) in [7, 11) is 3.47. The van der Waals surface area contributed by atoms with Gasteiger partial charge in [-0.25, -0.2) is 0 Å². The molecule has 4 nitrogen and oxygen atoms in total. The number of nitrogens with one attached hydrogen (secondary N) is 1. The lowest BCUT2D eigenvalue weighted by Gasteiger charge is -2.16. The molecule has 0 fully saturated rings. The van der Waals surface area contributed by atoms with Gasteiger partial charge in [0.2, 0.25) is 0 Å². The standard InChI is InChI=1S/C17H21N3O/c1-11-6-5-7-15(12(11)2)19-16-10-13(8-9-14(16)18)17(21)20(3)4/h5-10,19H,18H2,1-4H3. The number of carbonyl (C=O) groups excluding carboxylic acids is 1. The van der Waals surface area contributed by atoms with Crippen LogP contribution in [0.25, 0.3) is 0 Å². The molecule has 3 N–H and O–H groups in total. The van der Waals surface area contributed by atoms with Crippen LogP contribution in [-0.4, -0.2) is 24.9 Å². The number of nitrogens with two attached hydrogens (primary N) is 1. The zero-order valence-corrected chi connectivity index (χ0v) is 12.9. The number of nitrogen functional groups attached to an aromatic ring is 1. The maximum absolute atomic E-state index is 12.0. The highest BCUT2D eigenvalue weighted by Gasteiger charge is 2.11. The second-order valence-corrected chi connectivity index (χ2v) is 5.37. The first kappa shape index (κ1) is 14.9. The van der Waals surface area contributed by atoms with Gasteiger partial charge in [-0.2, -0.15) is 0 Å². The van der Waals surface area contributed by atoms with Crippen LogP contribution >= 0.6 is 0 Å². The van der Waals surface area contributed by atoms with Crippen molar-refractivity contribution in [1.82, 2.24) is 4.90 Å². The van der Waals surface area contributed by atoms with E-state index in [1.807, 2.05) is 12.1 Å². The minimum absolute atomic E-state index is 0.0426. The number of amides is 1. The van der Waals surface area contributed by atoms with Crippen molar-refractivity contribution >= 4 is 23.0 Å². The Balaban J connectivity index is 2.38. The minimum Gasteiger partial charge on any atom is -0.397 e. The molecule has 1 amide bonds. The van der Waals surface area contributed by atoms with E-state index in [4.69, 9.17) is 5.73 Å². The first-order chi connectivity index (χ1) is 9.90. The Labute approximate surface area is 125 Å². The average Bonchev–Trinajstić information content (AvgIpc) is 2.45. The van der Waals surface area contributed by atoms with Crippen LogP contribution in [0.4, 0.5) is 17.1 Å². The molecular formula is C17H21N3O. The van der Waals surface area contributed by atoms with E-state index >= 15 is 0 Å². The summed E-state index contributed by atoms with van der Waals surface area (Å²) in [5.74, 6) is -0.0426. The maximum Gasteiger partial charge on any atom is 0.253 e. The van der Waals surface area contributed by atoms with Crippen LogP contribution in [-0.2, 0) is 0 Å². The van der Waals surface area contributed by atoms with Crippen LogP contribution < -0.4 is 11.1 Å². The summed E-state index contributed by atoms with van der Waals surface area (Å²) >= 11 is 0. The maximum atomic E-state index is 12.0. The number of anilines is 3. The zero-order valence-electron chi connectivity index (χ0n) is 12.9. The third-order valence-electron chi connectivity index (χ3n) is 3.58. The van der Waals surface area contributed by atoms with Gasteiger partial charge in [-0.15, -0.1) is 0 Å². The topological polar surface area (TPSA) is 58.4 Å². The van der Waals surface area contributed by atoms with Gasteiger partial charge in [-0.1, -0.05) is 12.1 Å². The first-order valence-electron chi connectivity index (χ1n) is 6.84. The van der Waals surface area contributed by atoms with Crippen molar-refractivity contribution in [3.63, 3.8) is 0 Å². The summed E-state index contributed by atoms with van der Waals surface area (Å²) in [6, 6.07) is 11.4. The number of benzene rings is 2. The zero-order chi connectivity index (χ0) is 15.6. The van der Waals surface area contributed by atoms with E-state index in [2.05, 4.69) is 25.2 Å². The Kier molecular flexibility index (Phi) is 4.17. The van der Waals surface area contributed by atoms with E-state index < -0.39 is 0 Å². The number of aryl methyl sites for hydroxylation is 1. The fourth-order valence-corrected chi connectivity index (χ4v) is 2.09. The van der Waals surface area contributed by atoms with Crippen molar-refractivity contribution < 1.29 is 4.79 Å². The molecule has 0 radical (unpaired) electrons. The average molecular weight is 283 g/mol. The van der Waals surface area contributed by atoms with E-state index in [-0.39, 0.29) is 5.91 Å². The van der Waals surface area contributed by atoms with E-state index in [0.717, 1.165) is 11.4 Å². The van der Waals surface area contributed by atoms with Gasteiger partial charge in [-0.05, 0) is 49.2 Å². The lowest BCUT2D eigenvalue weighted by atomic mass is 10.1. The third-order valence-corrected chi connectivity index (χ3v) is 3.58. The number of hydrogen-bond donors (Lipinski definition) is 2. The summed E-state index contributed by atoms with van der Waals surface area (Å²) in [6.45, 7) is 4.12. The summed E-state index contributed by atoms with van der Waals surface area (Å²) in [6.07, 6.45) is 0. The molecule has 0 saturated heterocycles. The van der Waals surface area contributed by atoms with Crippen LogP contribution in [0.3, 0.4) is 0 Å². The molecular weight excluding hydrogens is 262 g/mol. The second kappa shape index (κ2) is 5.87. The van der Waals surface area contributed by atoms with Gasteiger partial charge >= 0.3 is 0 Å². The number of nitrogens with zero attached hydrogens (tertiary/aromatic N) is 1. The van der Waals surface area contributed by atoms with Crippen LogP contribution in [0, 0.1) is 13.8 Å². The molecule has 2 aromatic rings. The molecule has 0 aliphatic carbocycles. The van der Waals surface area contributed by atoms with E-state index in [1.165, 1.54) is 11.1 Å². The van der Waals surface area contributed by atoms with Crippen LogP contribution in [0.1, 0.15) is 21.5 Å².